The molecule has 4 rings (SSSR count). The molecular weight excluding hydrogens is 434 g/mol. The standard InChI is InChI=1S/C19H15ClF2N6O3/c1-28-9-11(8-25-28)7-24-14-13(15(29)16(14)30)23-6-10-2-4-12(5-3-10)17-26-18(31-27-17)19(20,21)22/h2-5,8-9,23-24H,6-7H2,1H3. The Labute approximate surface area is 178 Å². The minimum absolute atomic E-state index is 0.0285. The van der Waals surface area contributed by atoms with Crippen LogP contribution >= 0.6 is 11.6 Å². The van der Waals surface area contributed by atoms with E-state index in [-0.39, 0.29) is 23.7 Å². The molecule has 4 aromatic rings. The Morgan fingerprint density at radius 1 is 1.06 bits per heavy atom. The third kappa shape index (κ3) is 4.31. The summed E-state index contributed by atoms with van der Waals surface area (Å²) in [4.78, 5) is 27.3. The topological polar surface area (TPSA) is 115 Å². The van der Waals surface area contributed by atoms with Crippen LogP contribution in [0.25, 0.3) is 11.4 Å². The van der Waals surface area contributed by atoms with Gasteiger partial charge in [0, 0.05) is 37.5 Å². The van der Waals surface area contributed by atoms with Crippen molar-refractivity contribution in [2.75, 3.05) is 10.6 Å². The predicted octanol–water partition coefficient (Wildman–Crippen LogP) is 2.58. The Bertz CT molecular complexity index is 1290. The highest BCUT2D eigenvalue weighted by molar-refractivity contribution is 6.21. The largest absolute Gasteiger partial charge is 0.400 e. The molecule has 2 aromatic heterocycles. The highest BCUT2D eigenvalue weighted by Crippen LogP contribution is 2.32. The second kappa shape index (κ2) is 7.91. The number of hydrogen-bond acceptors (Lipinski definition) is 8. The van der Waals surface area contributed by atoms with Gasteiger partial charge in [-0.15, -0.1) is 0 Å². The molecule has 0 bridgehead atoms. The number of aryl methyl sites for hydroxylation is 1. The van der Waals surface area contributed by atoms with Crippen molar-refractivity contribution in [2.45, 2.75) is 18.5 Å². The van der Waals surface area contributed by atoms with Gasteiger partial charge in [0.25, 0.3) is 10.9 Å². The second-order valence-electron chi connectivity index (χ2n) is 6.76. The summed E-state index contributed by atoms with van der Waals surface area (Å²) in [6, 6.07) is 6.63. The van der Waals surface area contributed by atoms with Gasteiger partial charge in [0.2, 0.25) is 5.82 Å². The summed E-state index contributed by atoms with van der Waals surface area (Å²) >= 11 is 4.86. The van der Waals surface area contributed by atoms with Crippen LogP contribution in [0, 0.1) is 0 Å². The Morgan fingerprint density at radius 3 is 2.19 bits per heavy atom. The van der Waals surface area contributed by atoms with E-state index >= 15 is 0 Å². The Balaban J connectivity index is 1.40. The van der Waals surface area contributed by atoms with Gasteiger partial charge in [-0.3, -0.25) is 14.3 Å². The summed E-state index contributed by atoms with van der Waals surface area (Å²) < 4.78 is 32.1. The lowest BCUT2D eigenvalue weighted by Crippen LogP contribution is -2.37. The van der Waals surface area contributed by atoms with Crippen molar-refractivity contribution in [3.05, 3.63) is 74.1 Å². The lowest BCUT2D eigenvalue weighted by molar-refractivity contribution is 0.0551. The molecule has 2 heterocycles. The van der Waals surface area contributed by atoms with E-state index < -0.39 is 22.1 Å². The molecule has 0 aliphatic carbocycles. The monoisotopic (exact) mass is 448 g/mol. The fourth-order valence-electron chi connectivity index (χ4n) is 2.90. The number of anilines is 2. The summed E-state index contributed by atoms with van der Waals surface area (Å²) in [5, 5.41) is 9.70. The van der Waals surface area contributed by atoms with Gasteiger partial charge in [-0.05, 0) is 17.2 Å². The summed E-state index contributed by atoms with van der Waals surface area (Å²) in [5.74, 6) is -1.01. The molecule has 0 aliphatic rings. The highest BCUT2D eigenvalue weighted by Gasteiger charge is 2.35. The third-order valence-electron chi connectivity index (χ3n) is 4.49. The minimum atomic E-state index is -3.74. The summed E-state index contributed by atoms with van der Waals surface area (Å²) in [7, 11) is 1.78. The molecule has 0 amide bonds. The molecule has 0 saturated carbocycles. The molecule has 0 radical (unpaired) electrons. The molecule has 9 nitrogen and oxygen atoms in total. The zero-order chi connectivity index (χ0) is 22.2. The van der Waals surface area contributed by atoms with Crippen LogP contribution in [-0.2, 0) is 25.5 Å². The van der Waals surface area contributed by atoms with Crippen molar-refractivity contribution in [1.82, 2.24) is 19.9 Å². The fraction of sp³-hybridized carbons (Fsp3) is 0.211. The lowest BCUT2D eigenvalue weighted by atomic mass is 10.1. The van der Waals surface area contributed by atoms with E-state index in [1.165, 1.54) is 0 Å². The van der Waals surface area contributed by atoms with Crippen molar-refractivity contribution >= 4 is 23.0 Å². The van der Waals surface area contributed by atoms with Crippen LogP contribution in [0.15, 0.2) is 50.8 Å². The molecule has 2 N–H and O–H groups in total. The average Bonchev–Trinajstić information content (AvgIpc) is 3.39. The maximum atomic E-state index is 13.0. The third-order valence-corrected chi connectivity index (χ3v) is 4.65. The quantitative estimate of drug-likeness (QED) is 0.312. The number of aromatic nitrogens is 4. The predicted molar refractivity (Wildman–Crippen MR) is 109 cm³/mol. The number of hydrogen-bond donors (Lipinski definition) is 2. The van der Waals surface area contributed by atoms with Crippen molar-refractivity contribution in [1.29, 1.82) is 0 Å². The van der Waals surface area contributed by atoms with E-state index in [0.29, 0.717) is 12.1 Å². The molecule has 160 valence electrons. The maximum Gasteiger partial charge on any atom is 0.400 e. The molecule has 0 saturated heterocycles. The first-order chi connectivity index (χ1) is 14.7. The summed E-state index contributed by atoms with van der Waals surface area (Å²) in [5.41, 5.74) is 1.37. The van der Waals surface area contributed by atoms with Crippen molar-refractivity contribution in [2.24, 2.45) is 7.05 Å². The summed E-state index contributed by atoms with van der Waals surface area (Å²) in [6.07, 6.45) is 3.46. The van der Waals surface area contributed by atoms with Crippen LogP contribution in [0.1, 0.15) is 17.0 Å². The molecule has 0 aliphatic heterocycles. The Morgan fingerprint density at radius 2 is 1.68 bits per heavy atom. The second-order valence-corrected chi connectivity index (χ2v) is 7.23. The highest BCUT2D eigenvalue weighted by atomic mass is 35.5. The smallest absolute Gasteiger partial charge is 0.376 e. The van der Waals surface area contributed by atoms with Crippen molar-refractivity contribution in [3.63, 3.8) is 0 Å². The van der Waals surface area contributed by atoms with E-state index in [1.807, 2.05) is 0 Å². The van der Waals surface area contributed by atoms with Gasteiger partial charge in [-0.2, -0.15) is 18.9 Å². The molecule has 0 fully saturated rings. The van der Waals surface area contributed by atoms with Gasteiger partial charge < -0.3 is 15.2 Å². The normalized spacial score (nSPS) is 11.7. The van der Waals surface area contributed by atoms with Gasteiger partial charge >= 0.3 is 11.3 Å². The zero-order valence-electron chi connectivity index (χ0n) is 16.0. The SMILES string of the molecule is Cn1cc(CNc2c(NCc3ccc(-c4noc(C(F)(F)Cl)n4)cc3)c(=O)c2=O)cn1. The Hall–Kier alpha value is -3.60. The van der Waals surface area contributed by atoms with E-state index in [4.69, 9.17) is 11.6 Å². The average molecular weight is 449 g/mol. The molecule has 2 aromatic carbocycles. The number of nitrogens with one attached hydrogen (secondary N) is 2. The van der Waals surface area contributed by atoms with Gasteiger partial charge in [-0.25, -0.2) is 0 Å². The molecule has 12 heteroatoms. The van der Waals surface area contributed by atoms with Gasteiger partial charge in [0.05, 0.1) is 6.20 Å². The maximum absolute atomic E-state index is 13.0. The molecule has 31 heavy (non-hydrogen) atoms. The minimum Gasteiger partial charge on any atom is -0.376 e. The van der Waals surface area contributed by atoms with Gasteiger partial charge in [-0.1, -0.05) is 29.4 Å². The van der Waals surface area contributed by atoms with Crippen LogP contribution in [0.2, 0.25) is 0 Å². The number of alkyl halides is 3. The number of rotatable bonds is 8. The van der Waals surface area contributed by atoms with Gasteiger partial charge in [0.15, 0.2) is 0 Å². The van der Waals surface area contributed by atoms with Crippen LogP contribution in [0.4, 0.5) is 20.2 Å². The first-order valence-corrected chi connectivity index (χ1v) is 9.39. The van der Waals surface area contributed by atoms with Crippen LogP contribution in [0.3, 0.4) is 0 Å². The zero-order valence-corrected chi connectivity index (χ0v) is 16.8. The van der Waals surface area contributed by atoms with Crippen LogP contribution < -0.4 is 21.5 Å². The van der Waals surface area contributed by atoms with Crippen molar-refractivity contribution < 1.29 is 13.3 Å². The van der Waals surface area contributed by atoms with E-state index in [9.17, 15) is 18.4 Å². The molecule has 0 atom stereocenters. The number of benzene rings is 1. The van der Waals surface area contributed by atoms with E-state index in [0.717, 1.165) is 11.1 Å². The van der Waals surface area contributed by atoms with E-state index in [2.05, 4.69) is 30.4 Å². The number of nitrogens with zero attached hydrogens (tertiary/aromatic N) is 4. The molecule has 0 unspecified atom stereocenters. The van der Waals surface area contributed by atoms with Crippen LogP contribution in [-0.4, -0.2) is 19.9 Å². The Kier molecular flexibility index (Phi) is 5.27. The first-order valence-electron chi connectivity index (χ1n) is 9.01. The lowest BCUT2D eigenvalue weighted by Gasteiger charge is -2.14. The number of halogens is 3. The molecular formula is C19H15ClF2N6O3. The fourth-order valence-corrected chi connectivity index (χ4v) is 2.98. The van der Waals surface area contributed by atoms with Gasteiger partial charge in [0.1, 0.15) is 11.4 Å². The first kappa shape index (κ1) is 20.7. The van der Waals surface area contributed by atoms with E-state index in [1.54, 1.807) is 48.4 Å². The summed E-state index contributed by atoms with van der Waals surface area (Å²) in [6.45, 7) is 0.625. The van der Waals surface area contributed by atoms with Crippen LogP contribution in [0.5, 0.6) is 0 Å². The molecule has 0 spiro atoms. The van der Waals surface area contributed by atoms with Crippen molar-refractivity contribution in [3.8, 4) is 11.4 Å².